The zero-order chi connectivity index (χ0) is 12.0. The number of hydrogen-bond acceptors (Lipinski definition) is 4. The normalized spacial score (nSPS) is 12.1. The van der Waals surface area contributed by atoms with Gasteiger partial charge in [-0.05, 0) is 35.9 Å². The number of aromatic hydroxyl groups is 1. The van der Waals surface area contributed by atoms with Crippen LogP contribution >= 0.6 is 11.8 Å². The molecule has 0 amide bonds. The summed E-state index contributed by atoms with van der Waals surface area (Å²) >= 11 is 5.54. The van der Waals surface area contributed by atoms with Gasteiger partial charge < -0.3 is 9.84 Å². The van der Waals surface area contributed by atoms with E-state index in [1.807, 2.05) is 0 Å². The molecular formula is C11H14ClNO3. The number of ether oxygens (including phenoxy) is 1. The molecule has 0 aliphatic carbocycles. The number of rotatable bonds is 5. The first-order valence-electron chi connectivity index (χ1n) is 4.86. The van der Waals surface area contributed by atoms with Crippen molar-refractivity contribution >= 4 is 17.7 Å². The van der Waals surface area contributed by atoms with Crippen molar-refractivity contribution in [2.75, 3.05) is 7.11 Å². The Morgan fingerprint density at radius 3 is 2.62 bits per heavy atom. The molecule has 0 heterocycles. The summed E-state index contributed by atoms with van der Waals surface area (Å²) in [6.07, 6.45) is 0.805. The van der Waals surface area contributed by atoms with Gasteiger partial charge in [0, 0.05) is 6.04 Å². The lowest BCUT2D eigenvalue weighted by atomic mass is 10.0. The third kappa shape index (κ3) is 4.08. The Bertz CT molecular complexity index is 340. The van der Waals surface area contributed by atoms with Crippen LogP contribution in [0.2, 0.25) is 0 Å². The lowest BCUT2D eigenvalue weighted by molar-refractivity contribution is -0.141. The van der Waals surface area contributed by atoms with Gasteiger partial charge in [0.2, 0.25) is 0 Å². The van der Waals surface area contributed by atoms with E-state index in [1.54, 1.807) is 24.3 Å². The highest BCUT2D eigenvalue weighted by Gasteiger charge is 2.13. The fraction of sp³-hybridized carbons (Fsp3) is 0.364. The third-order valence-corrected chi connectivity index (χ3v) is 2.52. The summed E-state index contributed by atoms with van der Waals surface area (Å²) in [6, 6.07) is 6.58. The first kappa shape index (κ1) is 12.8. The molecule has 0 bridgehead atoms. The summed E-state index contributed by atoms with van der Waals surface area (Å²) in [6.45, 7) is 0. The van der Waals surface area contributed by atoms with Crippen LogP contribution in [0.4, 0.5) is 0 Å². The quantitative estimate of drug-likeness (QED) is 0.609. The van der Waals surface area contributed by atoms with Crippen LogP contribution in [-0.2, 0) is 16.0 Å². The van der Waals surface area contributed by atoms with E-state index in [0.717, 1.165) is 5.56 Å². The Hall–Kier alpha value is -1.26. The number of carbonyl (C=O) groups is 1. The molecule has 16 heavy (non-hydrogen) atoms. The van der Waals surface area contributed by atoms with Crippen molar-refractivity contribution in [3.63, 3.8) is 0 Å². The van der Waals surface area contributed by atoms with E-state index in [2.05, 4.69) is 9.57 Å². The van der Waals surface area contributed by atoms with E-state index in [9.17, 15) is 4.79 Å². The molecule has 1 aromatic rings. The second-order valence-corrected chi connectivity index (χ2v) is 3.68. The fourth-order valence-corrected chi connectivity index (χ4v) is 1.50. The molecule has 0 aromatic heterocycles. The second kappa shape index (κ2) is 6.35. The molecule has 0 unspecified atom stereocenters. The van der Waals surface area contributed by atoms with Crippen LogP contribution in [-0.4, -0.2) is 24.2 Å². The minimum Gasteiger partial charge on any atom is -0.508 e. The van der Waals surface area contributed by atoms with Gasteiger partial charge >= 0.3 is 5.97 Å². The zero-order valence-corrected chi connectivity index (χ0v) is 9.70. The number of esters is 1. The van der Waals surface area contributed by atoms with Crippen molar-refractivity contribution in [1.82, 2.24) is 4.84 Å². The van der Waals surface area contributed by atoms with E-state index in [0.29, 0.717) is 6.42 Å². The minimum absolute atomic E-state index is 0.182. The average Bonchev–Trinajstić information content (AvgIpc) is 2.30. The van der Waals surface area contributed by atoms with Crippen molar-refractivity contribution in [1.29, 1.82) is 0 Å². The van der Waals surface area contributed by atoms with Gasteiger partial charge in [-0.25, -0.2) is 4.84 Å². The fourth-order valence-electron chi connectivity index (χ4n) is 1.35. The second-order valence-electron chi connectivity index (χ2n) is 3.46. The topological polar surface area (TPSA) is 58.6 Å². The highest BCUT2D eigenvalue weighted by atomic mass is 35.5. The molecule has 88 valence electrons. The maximum Gasteiger partial charge on any atom is 0.307 e. The summed E-state index contributed by atoms with van der Waals surface area (Å²) in [5.74, 6) is -0.0935. The van der Waals surface area contributed by atoms with Crippen LogP contribution in [0, 0.1) is 0 Å². The van der Waals surface area contributed by atoms with Crippen molar-refractivity contribution in [2.45, 2.75) is 18.9 Å². The van der Waals surface area contributed by atoms with Crippen LogP contribution in [0.1, 0.15) is 12.0 Å². The van der Waals surface area contributed by atoms with E-state index < -0.39 is 0 Å². The Morgan fingerprint density at radius 2 is 2.12 bits per heavy atom. The number of benzene rings is 1. The largest absolute Gasteiger partial charge is 0.508 e. The summed E-state index contributed by atoms with van der Waals surface area (Å²) in [5, 5.41) is 9.12. The predicted molar refractivity (Wildman–Crippen MR) is 61.2 cm³/mol. The Balaban J connectivity index is 2.56. The number of carbonyl (C=O) groups excluding carboxylic acids is 1. The van der Waals surface area contributed by atoms with Crippen molar-refractivity contribution < 1.29 is 14.6 Å². The number of nitrogens with one attached hydrogen (secondary N) is 1. The maximum atomic E-state index is 11.1. The van der Waals surface area contributed by atoms with Gasteiger partial charge in [-0.3, -0.25) is 4.79 Å². The molecule has 2 N–H and O–H groups in total. The van der Waals surface area contributed by atoms with Gasteiger partial charge in [0.1, 0.15) is 5.75 Å². The van der Waals surface area contributed by atoms with Gasteiger partial charge in [0.05, 0.1) is 13.5 Å². The lowest BCUT2D eigenvalue weighted by Crippen LogP contribution is -2.27. The Morgan fingerprint density at radius 1 is 1.50 bits per heavy atom. The van der Waals surface area contributed by atoms with E-state index in [1.165, 1.54) is 7.11 Å². The van der Waals surface area contributed by atoms with Gasteiger partial charge in [-0.15, -0.1) is 0 Å². The molecule has 0 spiro atoms. The van der Waals surface area contributed by atoms with Gasteiger partial charge in [0.15, 0.2) is 0 Å². The third-order valence-electron chi connectivity index (χ3n) is 2.21. The summed E-state index contributed by atoms with van der Waals surface area (Å²) in [4.78, 5) is 13.6. The molecule has 0 aliphatic rings. The molecule has 1 aromatic carbocycles. The minimum atomic E-state index is -0.308. The van der Waals surface area contributed by atoms with Crippen molar-refractivity contribution in [2.24, 2.45) is 0 Å². The maximum absolute atomic E-state index is 11.1. The van der Waals surface area contributed by atoms with Crippen LogP contribution < -0.4 is 4.84 Å². The summed E-state index contributed by atoms with van der Waals surface area (Å²) in [5.41, 5.74) is 0.986. The monoisotopic (exact) mass is 243 g/mol. The standard InChI is InChI=1S/C11H14ClNO3/c1-16-11(15)7-9(13-12)6-8-2-4-10(14)5-3-8/h2-5,9,13-14H,6-7H2,1H3/t9-/m0/s1. The van der Waals surface area contributed by atoms with E-state index in [-0.39, 0.29) is 24.2 Å². The molecule has 4 nitrogen and oxygen atoms in total. The predicted octanol–water partition coefficient (Wildman–Crippen LogP) is 1.61. The SMILES string of the molecule is COC(=O)C[C@H](Cc1ccc(O)cc1)NCl. The smallest absolute Gasteiger partial charge is 0.307 e. The lowest BCUT2D eigenvalue weighted by Gasteiger charge is -2.13. The zero-order valence-electron chi connectivity index (χ0n) is 8.94. The number of halogens is 1. The molecule has 0 saturated heterocycles. The van der Waals surface area contributed by atoms with Crippen LogP contribution in [0.15, 0.2) is 24.3 Å². The van der Waals surface area contributed by atoms with Crippen LogP contribution in [0.25, 0.3) is 0 Å². The van der Waals surface area contributed by atoms with Gasteiger partial charge in [-0.2, -0.15) is 0 Å². The molecule has 1 rings (SSSR count). The molecule has 0 radical (unpaired) electrons. The summed E-state index contributed by atoms with van der Waals surface area (Å²) < 4.78 is 4.56. The Kier molecular flexibility index (Phi) is 5.08. The van der Waals surface area contributed by atoms with E-state index >= 15 is 0 Å². The van der Waals surface area contributed by atoms with Gasteiger partial charge in [-0.1, -0.05) is 12.1 Å². The van der Waals surface area contributed by atoms with Crippen LogP contribution in [0.3, 0.4) is 0 Å². The molecule has 0 aliphatic heterocycles. The van der Waals surface area contributed by atoms with Crippen molar-refractivity contribution in [3.8, 4) is 5.75 Å². The highest BCUT2D eigenvalue weighted by Crippen LogP contribution is 2.12. The molecule has 0 saturated carbocycles. The van der Waals surface area contributed by atoms with E-state index in [4.69, 9.17) is 16.9 Å². The number of phenols is 1. The number of hydrogen-bond donors (Lipinski definition) is 2. The average molecular weight is 244 g/mol. The first-order chi connectivity index (χ1) is 7.65. The molecule has 5 heteroatoms. The molecule has 1 atom stereocenters. The number of phenolic OH excluding ortho intramolecular Hbond substituents is 1. The summed E-state index contributed by atoms with van der Waals surface area (Å²) in [7, 11) is 1.34. The van der Waals surface area contributed by atoms with Crippen molar-refractivity contribution in [3.05, 3.63) is 29.8 Å². The molecular weight excluding hydrogens is 230 g/mol. The highest BCUT2D eigenvalue weighted by molar-refractivity contribution is 6.13. The van der Waals surface area contributed by atoms with Crippen LogP contribution in [0.5, 0.6) is 5.75 Å². The Labute approximate surface area is 99.3 Å². The number of methoxy groups -OCH3 is 1. The van der Waals surface area contributed by atoms with Gasteiger partial charge in [0.25, 0.3) is 0 Å². The molecule has 0 fully saturated rings. The first-order valence-corrected chi connectivity index (χ1v) is 5.24.